The molecule has 0 aliphatic carbocycles. The Morgan fingerprint density at radius 2 is 1.60 bits per heavy atom. The molecule has 2 aliphatic rings. The Morgan fingerprint density at radius 3 is 2.23 bits per heavy atom. The van der Waals surface area contributed by atoms with E-state index in [1.165, 1.54) is 33.7 Å². The fraction of sp³-hybridized carbons (Fsp3) is 0.609. The molecule has 0 aromatic carbocycles. The maximum Gasteiger partial charge on any atom is 0.330 e. The zero-order valence-corrected chi connectivity index (χ0v) is 22.2. The summed E-state index contributed by atoms with van der Waals surface area (Å²) in [5.74, 6) is -3.02. The van der Waals surface area contributed by atoms with Crippen molar-refractivity contribution in [1.29, 1.82) is 0 Å². The molecule has 0 aromatic heterocycles. The second-order valence-electron chi connectivity index (χ2n) is 8.86. The third-order valence-corrected chi connectivity index (χ3v) is 7.82. The molecule has 2 unspecified atom stereocenters. The van der Waals surface area contributed by atoms with E-state index < -0.39 is 53.8 Å². The van der Waals surface area contributed by atoms with Gasteiger partial charge < -0.3 is 26.0 Å². The van der Waals surface area contributed by atoms with Gasteiger partial charge in [-0.3, -0.25) is 19.2 Å². The molecule has 10 nitrogen and oxygen atoms in total. The average Bonchev–Trinajstić information content (AvgIpc) is 2.79. The van der Waals surface area contributed by atoms with Crippen molar-refractivity contribution in [3.63, 3.8) is 0 Å². The molecule has 0 saturated carbocycles. The number of hydrogen-bond donors (Lipinski definition) is 4. The number of nitrogens with one attached hydrogen (secondary N) is 4. The van der Waals surface area contributed by atoms with Crippen molar-refractivity contribution in [1.82, 2.24) is 21.3 Å². The molecule has 1 fully saturated rings. The Balaban J connectivity index is 2.59. The van der Waals surface area contributed by atoms with Crippen LogP contribution in [0.2, 0.25) is 0 Å². The zero-order valence-electron chi connectivity index (χ0n) is 20.6. The van der Waals surface area contributed by atoms with Crippen LogP contribution in [0.25, 0.3) is 0 Å². The van der Waals surface area contributed by atoms with Crippen molar-refractivity contribution in [2.24, 2.45) is 11.8 Å². The summed E-state index contributed by atoms with van der Waals surface area (Å²) in [6, 6.07) is -3.00. The molecule has 35 heavy (non-hydrogen) atoms. The van der Waals surface area contributed by atoms with Crippen molar-refractivity contribution in [2.75, 3.05) is 11.5 Å². The Hall–Kier alpha value is -2.47. The van der Waals surface area contributed by atoms with Gasteiger partial charge in [-0.05, 0) is 31.3 Å². The summed E-state index contributed by atoms with van der Waals surface area (Å²) >= 11 is 0. The minimum atomic E-state index is -1.29. The second-order valence-corrected chi connectivity index (χ2v) is 11.5. The van der Waals surface area contributed by atoms with Crippen LogP contribution < -0.4 is 21.3 Å². The van der Waals surface area contributed by atoms with Crippen LogP contribution in [-0.4, -0.2) is 65.3 Å². The molecule has 0 radical (unpaired) electrons. The van der Waals surface area contributed by atoms with Gasteiger partial charge in [0, 0.05) is 11.5 Å². The number of carbonyl (C=O) groups is 5. The van der Waals surface area contributed by atoms with E-state index in [-0.39, 0.29) is 23.3 Å². The number of ether oxygens (including phenoxy) is 1. The number of carbonyl (C=O) groups excluding carboxylic acids is 5. The Labute approximate surface area is 213 Å². The highest BCUT2D eigenvalue weighted by Gasteiger charge is 2.35. The minimum Gasteiger partial charge on any atom is -0.446 e. The summed E-state index contributed by atoms with van der Waals surface area (Å²) in [5.41, 5.74) is -0.0596. The molecule has 4 atom stereocenters. The first-order valence-corrected chi connectivity index (χ1v) is 14.0. The van der Waals surface area contributed by atoms with E-state index in [9.17, 15) is 24.0 Å². The zero-order chi connectivity index (χ0) is 26.1. The summed E-state index contributed by atoms with van der Waals surface area (Å²) < 4.78 is 5.53. The average molecular weight is 527 g/mol. The molecule has 12 heteroatoms. The van der Waals surface area contributed by atoms with Crippen molar-refractivity contribution >= 4 is 51.2 Å². The number of hydrogen-bond acceptors (Lipinski definition) is 8. The highest BCUT2D eigenvalue weighted by Crippen LogP contribution is 2.24. The summed E-state index contributed by atoms with van der Waals surface area (Å²) in [6.07, 6.45) is 3.95. The van der Waals surface area contributed by atoms with E-state index in [4.69, 9.17) is 4.74 Å². The highest BCUT2D eigenvalue weighted by atomic mass is 33.1. The number of fused-ring (bicyclic) bond motifs is 6. The van der Waals surface area contributed by atoms with E-state index in [0.29, 0.717) is 12.2 Å². The van der Waals surface area contributed by atoms with Gasteiger partial charge in [0.05, 0.1) is 0 Å². The van der Waals surface area contributed by atoms with Crippen molar-refractivity contribution in [2.45, 2.75) is 65.3 Å². The first-order valence-electron chi connectivity index (χ1n) is 11.6. The van der Waals surface area contributed by atoms with Gasteiger partial charge in [-0.2, -0.15) is 0 Å². The van der Waals surface area contributed by atoms with E-state index in [1.807, 2.05) is 0 Å². The molecule has 0 spiro atoms. The third kappa shape index (κ3) is 8.31. The quantitative estimate of drug-likeness (QED) is 0.181. The fourth-order valence-corrected chi connectivity index (χ4v) is 5.46. The molecule has 194 valence electrons. The number of amides is 4. The Kier molecular flexibility index (Phi) is 11.2. The van der Waals surface area contributed by atoms with Crippen molar-refractivity contribution in [3.8, 4) is 0 Å². The molecular formula is C23H34N4O6S2. The van der Waals surface area contributed by atoms with Crippen LogP contribution in [0.1, 0.15) is 41.0 Å². The van der Waals surface area contributed by atoms with Gasteiger partial charge >= 0.3 is 5.97 Å². The lowest BCUT2D eigenvalue weighted by Gasteiger charge is -2.26. The lowest BCUT2D eigenvalue weighted by molar-refractivity contribution is -0.157. The summed E-state index contributed by atoms with van der Waals surface area (Å²) in [7, 11) is 2.92. The predicted octanol–water partition coefficient (Wildman–Crippen LogP) is 1.04. The van der Waals surface area contributed by atoms with Gasteiger partial charge in [-0.15, -0.1) is 0 Å². The van der Waals surface area contributed by atoms with Crippen LogP contribution >= 0.6 is 21.6 Å². The topological polar surface area (TPSA) is 143 Å². The second kappa shape index (κ2) is 13.6. The minimum absolute atomic E-state index is 0.0596. The molecule has 1 saturated heterocycles. The molecule has 2 aliphatic heterocycles. The third-order valence-electron chi connectivity index (χ3n) is 5.38. The molecule has 2 rings (SSSR count). The smallest absolute Gasteiger partial charge is 0.330 e. The lowest BCUT2D eigenvalue weighted by atomic mass is 10.0. The van der Waals surface area contributed by atoms with E-state index in [2.05, 4.69) is 21.3 Å². The van der Waals surface area contributed by atoms with Gasteiger partial charge in [0.2, 0.25) is 11.8 Å². The molecule has 0 aromatic rings. The van der Waals surface area contributed by atoms with Crippen LogP contribution in [0.4, 0.5) is 0 Å². The maximum absolute atomic E-state index is 13.1. The standard InChI is InChI=1S/C23H34N4O6S2/c1-6-14-19(28)27-18(13(4)5)23(32)33-16-9-7-8-10-34-35-11-15(20(29)24-14)25-22(31)17(12(2)3)26-21(16)30/h6-7,9,12-13,15-18H,8,10-11H2,1-5H3,(H,24,29)(H,25,31)(H,26,30)(H,27,28)/b9-7-,14-6+/t15?,16-,17-,18?/m1/s1. The summed E-state index contributed by atoms with van der Waals surface area (Å²) in [5, 5.41) is 10.5. The van der Waals surface area contributed by atoms with Crippen LogP contribution in [0.5, 0.6) is 0 Å². The Morgan fingerprint density at radius 1 is 0.914 bits per heavy atom. The van der Waals surface area contributed by atoms with E-state index >= 15 is 0 Å². The molecule has 2 bridgehead atoms. The largest absolute Gasteiger partial charge is 0.446 e. The number of allylic oxidation sites excluding steroid dienone is 2. The van der Waals surface area contributed by atoms with Gasteiger partial charge in [0.15, 0.2) is 6.10 Å². The molecule has 2 heterocycles. The molecular weight excluding hydrogens is 492 g/mol. The van der Waals surface area contributed by atoms with Crippen LogP contribution in [-0.2, 0) is 28.7 Å². The van der Waals surface area contributed by atoms with Crippen LogP contribution in [0.15, 0.2) is 23.9 Å². The lowest BCUT2D eigenvalue weighted by Crippen LogP contribution is -2.57. The van der Waals surface area contributed by atoms with E-state index in [0.717, 1.165) is 0 Å². The van der Waals surface area contributed by atoms with Crippen molar-refractivity contribution < 1.29 is 28.7 Å². The Bertz CT molecular complexity index is 889. The summed E-state index contributed by atoms with van der Waals surface area (Å²) in [6.45, 7) is 8.54. The van der Waals surface area contributed by atoms with Gasteiger partial charge in [-0.1, -0.05) is 61.4 Å². The monoisotopic (exact) mass is 526 g/mol. The van der Waals surface area contributed by atoms with Gasteiger partial charge in [0.25, 0.3) is 11.8 Å². The van der Waals surface area contributed by atoms with E-state index in [1.54, 1.807) is 40.7 Å². The molecule has 4 N–H and O–H groups in total. The predicted molar refractivity (Wildman–Crippen MR) is 136 cm³/mol. The normalized spacial score (nSPS) is 29.8. The number of rotatable bonds is 2. The maximum atomic E-state index is 13.1. The SMILES string of the molecule is C/C=C1/NC(=O)C2CSSCC/C=C\[C@@H](OC(=O)C(C(C)C)NC1=O)C(=O)N[C@H](C(C)C)C(=O)N2. The fourth-order valence-electron chi connectivity index (χ4n) is 3.30. The van der Waals surface area contributed by atoms with Crippen LogP contribution in [0.3, 0.4) is 0 Å². The van der Waals surface area contributed by atoms with Gasteiger partial charge in [-0.25, -0.2) is 4.79 Å². The summed E-state index contributed by atoms with van der Waals surface area (Å²) in [4.78, 5) is 65.3. The first kappa shape index (κ1) is 28.8. The van der Waals surface area contributed by atoms with Gasteiger partial charge in [0.1, 0.15) is 23.8 Å². The van der Waals surface area contributed by atoms with Crippen molar-refractivity contribution in [3.05, 3.63) is 23.9 Å². The number of esters is 1. The molecule has 4 amide bonds. The highest BCUT2D eigenvalue weighted by molar-refractivity contribution is 8.76. The first-order chi connectivity index (χ1) is 16.5. The van der Waals surface area contributed by atoms with Crippen LogP contribution in [0, 0.1) is 11.8 Å².